The molecule has 0 amide bonds. The maximum absolute atomic E-state index is 12.7. The Balaban J connectivity index is 2.66. The summed E-state index contributed by atoms with van der Waals surface area (Å²) in [6.07, 6.45) is -4.46. The van der Waals surface area contributed by atoms with Crippen molar-refractivity contribution in [3.8, 4) is 11.1 Å². The monoisotopic (exact) mass is 280 g/mol. The Labute approximate surface area is 113 Å². The van der Waals surface area contributed by atoms with Crippen LogP contribution in [0, 0.1) is 6.92 Å². The molecule has 0 spiro atoms. The third-order valence-corrected chi connectivity index (χ3v) is 2.98. The second-order valence-electron chi connectivity index (χ2n) is 4.38. The van der Waals surface area contributed by atoms with E-state index in [-0.39, 0.29) is 11.1 Å². The van der Waals surface area contributed by atoms with Crippen LogP contribution >= 0.6 is 0 Å². The van der Waals surface area contributed by atoms with E-state index in [0.717, 1.165) is 12.1 Å². The molecule has 5 heteroatoms. The summed E-state index contributed by atoms with van der Waals surface area (Å²) in [6.45, 7) is 1.67. The smallest absolute Gasteiger partial charge is 0.416 e. The largest absolute Gasteiger partial charge is 0.478 e. The minimum Gasteiger partial charge on any atom is -0.478 e. The number of hydrogen-bond donors (Lipinski definition) is 1. The molecule has 2 aromatic carbocycles. The first-order valence-electron chi connectivity index (χ1n) is 5.81. The number of rotatable bonds is 2. The number of halogens is 3. The Morgan fingerprint density at radius 1 is 1.10 bits per heavy atom. The molecule has 0 unspecified atom stereocenters. The number of alkyl halides is 3. The first-order valence-corrected chi connectivity index (χ1v) is 5.81. The molecule has 0 heterocycles. The molecule has 0 saturated heterocycles. The average molecular weight is 280 g/mol. The van der Waals surface area contributed by atoms with Gasteiger partial charge in [0.1, 0.15) is 0 Å². The molecule has 0 radical (unpaired) electrons. The summed E-state index contributed by atoms with van der Waals surface area (Å²) in [7, 11) is 0. The van der Waals surface area contributed by atoms with Gasteiger partial charge in [0.15, 0.2) is 0 Å². The Morgan fingerprint density at radius 2 is 1.75 bits per heavy atom. The molecule has 0 aromatic heterocycles. The van der Waals surface area contributed by atoms with Crippen LogP contribution in [0.2, 0.25) is 0 Å². The van der Waals surface area contributed by atoms with Crippen LogP contribution in [0.5, 0.6) is 0 Å². The van der Waals surface area contributed by atoms with Gasteiger partial charge in [-0.25, -0.2) is 4.79 Å². The Bertz CT molecular complexity index is 660. The van der Waals surface area contributed by atoms with Gasteiger partial charge < -0.3 is 5.11 Å². The summed E-state index contributed by atoms with van der Waals surface area (Å²) in [5.41, 5.74) is 0.365. The lowest BCUT2D eigenvalue weighted by Crippen LogP contribution is -2.06. The van der Waals surface area contributed by atoms with E-state index < -0.39 is 17.7 Å². The number of hydrogen-bond acceptors (Lipinski definition) is 1. The van der Waals surface area contributed by atoms with Crippen molar-refractivity contribution in [1.29, 1.82) is 0 Å². The summed E-state index contributed by atoms with van der Waals surface area (Å²) in [5.74, 6) is -1.17. The fourth-order valence-electron chi connectivity index (χ4n) is 2.08. The van der Waals surface area contributed by atoms with Crippen LogP contribution in [0.15, 0.2) is 42.5 Å². The maximum Gasteiger partial charge on any atom is 0.416 e. The SMILES string of the molecule is Cc1cccc(C(=O)O)c1-c1cccc(C(F)(F)F)c1. The number of carboxylic acid groups (broad SMARTS) is 1. The fourth-order valence-corrected chi connectivity index (χ4v) is 2.08. The van der Waals surface area contributed by atoms with Gasteiger partial charge in [-0.1, -0.05) is 24.3 Å². The summed E-state index contributed by atoms with van der Waals surface area (Å²) in [5, 5.41) is 9.16. The molecule has 0 atom stereocenters. The molecule has 0 aliphatic carbocycles. The van der Waals surface area contributed by atoms with Gasteiger partial charge in [-0.2, -0.15) is 13.2 Å². The Kier molecular flexibility index (Phi) is 3.53. The molecule has 0 saturated carbocycles. The first kappa shape index (κ1) is 14.1. The van der Waals surface area contributed by atoms with Gasteiger partial charge in [0.25, 0.3) is 0 Å². The zero-order valence-corrected chi connectivity index (χ0v) is 10.5. The second kappa shape index (κ2) is 5.00. The van der Waals surface area contributed by atoms with Crippen molar-refractivity contribution in [2.24, 2.45) is 0 Å². The fraction of sp³-hybridized carbons (Fsp3) is 0.133. The normalized spacial score (nSPS) is 11.4. The van der Waals surface area contributed by atoms with Crippen molar-refractivity contribution < 1.29 is 23.1 Å². The zero-order chi connectivity index (χ0) is 14.9. The highest BCUT2D eigenvalue weighted by atomic mass is 19.4. The lowest BCUT2D eigenvalue weighted by molar-refractivity contribution is -0.137. The van der Waals surface area contributed by atoms with E-state index in [0.29, 0.717) is 11.1 Å². The first-order chi connectivity index (χ1) is 9.30. The number of aryl methyl sites for hydroxylation is 1. The number of benzene rings is 2. The van der Waals surface area contributed by atoms with Crippen LogP contribution < -0.4 is 0 Å². The number of carboxylic acids is 1. The molecule has 0 bridgehead atoms. The highest BCUT2D eigenvalue weighted by molar-refractivity contribution is 5.97. The molecule has 20 heavy (non-hydrogen) atoms. The van der Waals surface area contributed by atoms with E-state index >= 15 is 0 Å². The molecular formula is C15H11F3O2. The minimum atomic E-state index is -4.46. The van der Waals surface area contributed by atoms with Gasteiger partial charge in [-0.15, -0.1) is 0 Å². The zero-order valence-electron chi connectivity index (χ0n) is 10.5. The van der Waals surface area contributed by atoms with Crippen LogP contribution in [0.3, 0.4) is 0 Å². The van der Waals surface area contributed by atoms with E-state index in [1.165, 1.54) is 18.2 Å². The van der Waals surface area contributed by atoms with Gasteiger partial charge in [0.05, 0.1) is 11.1 Å². The summed E-state index contributed by atoms with van der Waals surface area (Å²) < 4.78 is 38.2. The third-order valence-electron chi connectivity index (χ3n) is 2.98. The van der Waals surface area contributed by atoms with Crippen LogP contribution in [0.1, 0.15) is 21.5 Å². The van der Waals surface area contributed by atoms with E-state index in [2.05, 4.69) is 0 Å². The van der Waals surface area contributed by atoms with Crippen LogP contribution in [0.4, 0.5) is 13.2 Å². The average Bonchev–Trinajstić information content (AvgIpc) is 2.37. The van der Waals surface area contributed by atoms with Crippen LogP contribution in [0.25, 0.3) is 11.1 Å². The molecule has 0 fully saturated rings. The third kappa shape index (κ3) is 2.66. The predicted molar refractivity (Wildman–Crippen MR) is 68.6 cm³/mol. The Hall–Kier alpha value is -2.30. The van der Waals surface area contributed by atoms with Crippen molar-refractivity contribution in [1.82, 2.24) is 0 Å². The molecule has 0 aliphatic rings. The highest BCUT2D eigenvalue weighted by Crippen LogP contribution is 2.34. The van der Waals surface area contributed by atoms with E-state index in [1.54, 1.807) is 19.1 Å². The van der Waals surface area contributed by atoms with Gasteiger partial charge in [0.2, 0.25) is 0 Å². The van der Waals surface area contributed by atoms with E-state index in [4.69, 9.17) is 5.11 Å². The van der Waals surface area contributed by atoms with Crippen molar-refractivity contribution >= 4 is 5.97 Å². The van der Waals surface area contributed by atoms with E-state index in [1.807, 2.05) is 0 Å². The minimum absolute atomic E-state index is 0.00988. The van der Waals surface area contributed by atoms with Crippen LogP contribution in [-0.2, 0) is 6.18 Å². The standard InChI is InChI=1S/C15H11F3O2/c1-9-4-2-7-12(14(19)20)13(9)10-5-3-6-11(8-10)15(16,17)18/h2-8H,1H3,(H,19,20). The molecule has 0 aliphatic heterocycles. The van der Waals surface area contributed by atoms with Gasteiger partial charge in [-0.05, 0) is 41.8 Å². The van der Waals surface area contributed by atoms with Crippen molar-refractivity contribution in [3.05, 3.63) is 59.2 Å². The van der Waals surface area contributed by atoms with Gasteiger partial charge in [0, 0.05) is 0 Å². The molecule has 1 N–H and O–H groups in total. The number of aromatic carboxylic acids is 1. The number of carbonyl (C=O) groups is 1. The molecule has 104 valence electrons. The topological polar surface area (TPSA) is 37.3 Å². The molecule has 2 rings (SSSR count). The summed E-state index contributed by atoms with van der Waals surface area (Å²) in [6, 6.07) is 9.29. The summed E-state index contributed by atoms with van der Waals surface area (Å²) >= 11 is 0. The summed E-state index contributed by atoms with van der Waals surface area (Å²) in [4.78, 5) is 11.2. The van der Waals surface area contributed by atoms with E-state index in [9.17, 15) is 18.0 Å². The molecule has 2 nitrogen and oxygen atoms in total. The molecular weight excluding hydrogens is 269 g/mol. The predicted octanol–water partition coefficient (Wildman–Crippen LogP) is 4.38. The lowest BCUT2D eigenvalue weighted by Gasteiger charge is -2.12. The Morgan fingerprint density at radius 3 is 2.35 bits per heavy atom. The highest BCUT2D eigenvalue weighted by Gasteiger charge is 2.30. The quantitative estimate of drug-likeness (QED) is 0.886. The van der Waals surface area contributed by atoms with Crippen molar-refractivity contribution in [2.45, 2.75) is 13.1 Å². The molecule has 2 aromatic rings. The maximum atomic E-state index is 12.7. The lowest BCUT2D eigenvalue weighted by atomic mass is 9.94. The van der Waals surface area contributed by atoms with Crippen LogP contribution in [-0.4, -0.2) is 11.1 Å². The van der Waals surface area contributed by atoms with Crippen molar-refractivity contribution in [2.75, 3.05) is 0 Å². The van der Waals surface area contributed by atoms with Gasteiger partial charge in [-0.3, -0.25) is 0 Å². The van der Waals surface area contributed by atoms with Gasteiger partial charge >= 0.3 is 12.1 Å². The second-order valence-corrected chi connectivity index (χ2v) is 4.38. The van der Waals surface area contributed by atoms with Crippen molar-refractivity contribution in [3.63, 3.8) is 0 Å².